The summed E-state index contributed by atoms with van der Waals surface area (Å²) in [6.45, 7) is 4.40. The number of rotatable bonds is 2. The predicted octanol–water partition coefficient (Wildman–Crippen LogP) is 2.61. The van der Waals surface area contributed by atoms with Crippen LogP contribution in [0.4, 0.5) is 4.39 Å². The Labute approximate surface area is 90.7 Å². The first kappa shape index (κ1) is 10.6. The van der Waals surface area contributed by atoms with Gasteiger partial charge in [0.1, 0.15) is 5.82 Å². The van der Waals surface area contributed by atoms with E-state index in [1.54, 1.807) is 12.1 Å². The maximum absolute atomic E-state index is 13.5. The van der Waals surface area contributed by atoms with Gasteiger partial charge in [-0.15, -0.1) is 0 Å². The van der Waals surface area contributed by atoms with Crippen molar-refractivity contribution in [1.29, 1.82) is 0 Å². The Hall–Kier alpha value is -0.890. The first-order valence-corrected chi connectivity index (χ1v) is 5.71. The fourth-order valence-corrected chi connectivity index (χ4v) is 2.27. The molecule has 0 radical (unpaired) electrons. The summed E-state index contributed by atoms with van der Waals surface area (Å²) in [5, 5.41) is 3.38. The molecule has 1 fully saturated rings. The third-order valence-electron chi connectivity index (χ3n) is 3.43. The number of hydrogen-bond donors (Lipinski definition) is 1. The zero-order chi connectivity index (χ0) is 10.7. The molecule has 0 spiro atoms. The molecule has 1 saturated heterocycles. The van der Waals surface area contributed by atoms with Crippen molar-refractivity contribution in [2.45, 2.75) is 19.8 Å². The smallest absolute Gasteiger partial charge is 0.126 e. The van der Waals surface area contributed by atoms with E-state index >= 15 is 0 Å². The zero-order valence-corrected chi connectivity index (χ0v) is 9.17. The summed E-state index contributed by atoms with van der Waals surface area (Å²) in [5.41, 5.74) is 0.859. The van der Waals surface area contributed by atoms with Gasteiger partial charge in [0, 0.05) is 0 Å². The van der Waals surface area contributed by atoms with E-state index < -0.39 is 0 Å². The SMILES string of the molecule is CC1CCNCC1Cc1ccccc1F. The molecule has 1 aromatic carbocycles. The second-order valence-electron chi connectivity index (χ2n) is 4.53. The average molecular weight is 207 g/mol. The summed E-state index contributed by atoms with van der Waals surface area (Å²) in [6.07, 6.45) is 2.07. The summed E-state index contributed by atoms with van der Waals surface area (Å²) in [7, 11) is 0. The Kier molecular flexibility index (Phi) is 3.37. The second-order valence-corrected chi connectivity index (χ2v) is 4.53. The molecular weight excluding hydrogens is 189 g/mol. The Morgan fingerprint density at radius 1 is 1.40 bits per heavy atom. The Balaban J connectivity index is 2.04. The van der Waals surface area contributed by atoms with Crippen molar-refractivity contribution in [3.63, 3.8) is 0 Å². The molecule has 0 aliphatic carbocycles. The molecule has 15 heavy (non-hydrogen) atoms. The lowest BCUT2D eigenvalue weighted by atomic mass is 9.83. The highest BCUT2D eigenvalue weighted by Gasteiger charge is 2.21. The molecular formula is C13H18FN. The van der Waals surface area contributed by atoms with Crippen LogP contribution >= 0.6 is 0 Å². The molecule has 1 nitrogen and oxygen atoms in total. The van der Waals surface area contributed by atoms with Crippen LogP contribution in [0.3, 0.4) is 0 Å². The van der Waals surface area contributed by atoms with E-state index in [4.69, 9.17) is 0 Å². The highest BCUT2D eigenvalue weighted by atomic mass is 19.1. The van der Waals surface area contributed by atoms with Gasteiger partial charge in [-0.25, -0.2) is 4.39 Å². The van der Waals surface area contributed by atoms with Crippen LogP contribution in [-0.2, 0) is 6.42 Å². The normalized spacial score (nSPS) is 26.5. The van der Waals surface area contributed by atoms with Gasteiger partial charge in [0.15, 0.2) is 0 Å². The van der Waals surface area contributed by atoms with Gasteiger partial charge in [-0.05, 0) is 49.4 Å². The molecule has 0 aromatic heterocycles. The van der Waals surface area contributed by atoms with Gasteiger partial charge >= 0.3 is 0 Å². The van der Waals surface area contributed by atoms with Gasteiger partial charge < -0.3 is 5.32 Å². The van der Waals surface area contributed by atoms with Crippen LogP contribution in [0.2, 0.25) is 0 Å². The topological polar surface area (TPSA) is 12.0 Å². The van der Waals surface area contributed by atoms with E-state index in [1.807, 2.05) is 12.1 Å². The van der Waals surface area contributed by atoms with Crippen LogP contribution in [0, 0.1) is 17.7 Å². The van der Waals surface area contributed by atoms with E-state index in [1.165, 1.54) is 6.42 Å². The molecule has 2 atom stereocenters. The monoisotopic (exact) mass is 207 g/mol. The average Bonchev–Trinajstić information content (AvgIpc) is 2.24. The van der Waals surface area contributed by atoms with E-state index in [0.29, 0.717) is 11.8 Å². The second kappa shape index (κ2) is 4.75. The quantitative estimate of drug-likeness (QED) is 0.786. The summed E-state index contributed by atoms with van der Waals surface area (Å²) in [6, 6.07) is 7.12. The third kappa shape index (κ3) is 2.57. The zero-order valence-electron chi connectivity index (χ0n) is 9.17. The lowest BCUT2D eigenvalue weighted by molar-refractivity contribution is 0.270. The van der Waals surface area contributed by atoms with Crippen LogP contribution in [-0.4, -0.2) is 13.1 Å². The van der Waals surface area contributed by atoms with Crippen molar-refractivity contribution in [2.75, 3.05) is 13.1 Å². The highest BCUT2D eigenvalue weighted by molar-refractivity contribution is 5.18. The van der Waals surface area contributed by atoms with E-state index in [2.05, 4.69) is 12.2 Å². The van der Waals surface area contributed by atoms with Gasteiger partial charge in [-0.3, -0.25) is 0 Å². The molecule has 1 aromatic rings. The van der Waals surface area contributed by atoms with Crippen molar-refractivity contribution in [2.24, 2.45) is 11.8 Å². The van der Waals surface area contributed by atoms with Crippen molar-refractivity contribution in [3.05, 3.63) is 35.6 Å². The lowest BCUT2D eigenvalue weighted by Gasteiger charge is -2.29. The van der Waals surface area contributed by atoms with Crippen LogP contribution < -0.4 is 5.32 Å². The molecule has 2 heteroatoms. The first-order valence-electron chi connectivity index (χ1n) is 5.71. The van der Waals surface area contributed by atoms with E-state index in [9.17, 15) is 4.39 Å². The minimum Gasteiger partial charge on any atom is -0.316 e. The largest absolute Gasteiger partial charge is 0.316 e. The van der Waals surface area contributed by atoms with Crippen molar-refractivity contribution in [3.8, 4) is 0 Å². The minimum absolute atomic E-state index is 0.0599. The number of nitrogens with one attached hydrogen (secondary N) is 1. The Morgan fingerprint density at radius 2 is 2.20 bits per heavy atom. The van der Waals surface area contributed by atoms with Gasteiger partial charge in [0.2, 0.25) is 0 Å². The molecule has 0 saturated carbocycles. The summed E-state index contributed by atoms with van der Waals surface area (Å²) < 4.78 is 13.5. The van der Waals surface area contributed by atoms with Crippen LogP contribution in [0.25, 0.3) is 0 Å². The van der Waals surface area contributed by atoms with E-state index in [0.717, 1.165) is 25.1 Å². The molecule has 2 unspecified atom stereocenters. The van der Waals surface area contributed by atoms with Crippen LogP contribution in [0.15, 0.2) is 24.3 Å². The van der Waals surface area contributed by atoms with Gasteiger partial charge in [-0.1, -0.05) is 25.1 Å². The molecule has 2 rings (SSSR count). The number of halogens is 1. The standard InChI is InChI=1S/C13H18FN/c1-10-6-7-15-9-12(10)8-11-4-2-3-5-13(11)14/h2-5,10,12,15H,6-9H2,1H3. The van der Waals surface area contributed by atoms with Crippen molar-refractivity contribution >= 4 is 0 Å². The van der Waals surface area contributed by atoms with Crippen LogP contribution in [0.1, 0.15) is 18.9 Å². The number of piperidine rings is 1. The number of hydrogen-bond acceptors (Lipinski definition) is 1. The van der Waals surface area contributed by atoms with Crippen molar-refractivity contribution in [1.82, 2.24) is 5.32 Å². The van der Waals surface area contributed by atoms with Gasteiger partial charge in [0.05, 0.1) is 0 Å². The van der Waals surface area contributed by atoms with Crippen LogP contribution in [0.5, 0.6) is 0 Å². The molecule has 1 N–H and O–H groups in total. The van der Waals surface area contributed by atoms with Gasteiger partial charge in [0.25, 0.3) is 0 Å². The summed E-state index contributed by atoms with van der Waals surface area (Å²) >= 11 is 0. The number of benzene rings is 1. The van der Waals surface area contributed by atoms with E-state index in [-0.39, 0.29) is 5.82 Å². The third-order valence-corrected chi connectivity index (χ3v) is 3.43. The summed E-state index contributed by atoms with van der Waals surface area (Å²) in [4.78, 5) is 0. The highest BCUT2D eigenvalue weighted by Crippen LogP contribution is 2.23. The minimum atomic E-state index is -0.0599. The molecule has 1 aliphatic rings. The first-order chi connectivity index (χ1) is 7.27. The summed E-state index contributed by atoms with van der Waals surface area (Å²) in [5.74, 6) is 1.22. The maximum atomic E-state index is 13.5. The lowest BCUT2D eigenvalue weighted by Crippen LogP contribution is -2.36. The fourth-order valence-electron chi connectivity index (χ4n) is 2.27. The molecule has 1 heterocycles. The molecule has 1 aliphatic heterocycles. The molecule has 0 amide bonds. The predicted molar refractivity (Wildman–Crippen MR) is 60.2 cm³/mol. The van der Waals surface area contributed by atoms with Gasteiger partial charge in [-0.2, -0.15) is 0 Å². The van der Waals surface area contributed by atoms with Crippen molar-refractivity contribution < 1.29 is 4.39 Å². The molecule has 0 bridgehead atoms. The maximum Gasteiger partial charge on any atom is 0.126 e. The fraction of sp³-hybridized carbons (Fsp3) is 0.538. The Morgan fingerprint density at radius 3 is 2.93 bits per heavy atom. The molecule has 82 valence electrons. The Bertz CT molecular complexity index is 324.